The van der Waals surface area contributed by atoms with Gasteiger partial charge in [-0.3, -0.25) is 0 Å². The maximum absolute atomic E-state index is 5.72. The summed E-state index contributed by atoms with van der Waals surface area (Å²) in [5.41, 5.74) is 3.99. The largest absolute Gasteiger partial charge is 0.424 e. The minimum atomic E-state index is 0.348. The van der Waals surface area contributed by atoms with Crippen LogP contribution in [0, 0.1) is 10.6 Å². The van der Waals surface area contributed by atoms with Gasteiger partial charge in [0.15, 0.2) is 0 Å². The molecule has 6 nitrogen and oxygen atoms in total. The van der Waals surface area contributed by atoms with E-state index in [2.05, 4.69) is 47.1 Å². The van der Waals surface area contributed by atoms with E-state index >= 15 is 0 Å². The average molecular weight is 443 g/mol. The molecule has 0 spiro atoms. The van der Waals surface area contributed by atoms with Gasteiger partial charge in [0, 0.05) is 36.1 Å². The lowest BCUT2D eigenvalue weighted by Crippen LogP contribution is -1.93. The van der Waals surface area contributed by atoms with Crippen molar-refractivity contribution in [1.29, 1.82) is 0 Å². The van der Waals surface area contributed by atoms with Gasteiger partial charge in [0.1, 0.15) is 17.7 Å². The summed E-state index contributed by atoms with van der Waals surface area (Å²) >= 11 is 2.34. The van der Waals surface area contributed by atoms with Gasteiger partial charge in [0.2, 0.25) is 0 Å². The Morgan fingerprint density at radius 2 is 1.88 bits per heavy atom. The molecule has 0 saturated heterocycles. The zero-order valence-electron chi connectivity index (χ0n) is 13.6. The number of nitrogens with zero attached hydrogens (tertiary/aromatic N) is 5. The molecular formula is C18H14IN5O. The second kappa shape index (κ2) is 6.40. The van der Waals surface area contributed by atoms with Crippen molar-refractivity contribution in [3.8, 4) is 22.9 Å². The summed E-state index contributed by atoms with van der Waals surface area (Å²) in [6, 6.07) is 10.1. The Balaban J connectivity index is 1.70. The lowest BCUT2D eigenvalue weighted by atomic mass is 10.1. The lowest BCUT2D eigenvalue weighted by molar-refractivity contribution is 0.440. The van der Waals surface area contributed by atoms with E-state index in [0.717, 1.165) is 31.6 Å². The normalized spacial score (nSPS) is 11.0. The van der Waals surface area contributed by atoms with E-state index in [1.54, 1.807) is 12.5 Å². The number of rotatable bonds is 3. The van der Waals surface area contributed by atoms with Crippen LogP contribution in [0.25, 0.3) is 22.2 Å². The number of ether oxygens (including phenoxy) is 1. The van der Waals surface area contributed by atoms with Crippen molar-refractivity contribution in [2.75, 3.05) is 0 Å². The Bertz CT molecular complexity index is 1060. The molecule has 0 atom stereocenters. The highest BCUT2D eigenvalue weighted by Crippen LogP contribution is 2.35. The monoisotopic (exact) mass is 443 g/mol. The molecule has 4 rings (SSSR count). The molecule has 0 bridgehead atoms. The summed E-state index contributed by atoms with van der Waals surface area (Å²) in [7, 11) is 2.01. The second-order valence-corrected chi connectivity index (χ2v) is 6.61. The smallest absolute Gasteiger partial charge is 0.322 e. The van der Waals surface area contributed by atoms with Crippen LogP contribution in [0.4, 0.5) is 0 Å². The molecule has 0 unspecified atom stereocenters. The van der Waals surface area contributed by atoms with Crippen LogP contribution in [-0.4, -0.2) is 24.5 Å². The van der Waals surface area contributed by atoms with Gasteiger partial charge in [-0.05, 0) is 53.3 Å². The topological polar surface area (TPSA) is 65.7 Å². The number of benzene rings is 1. The Morgan fingerprint density at radius 1 is 1.08 bits per heavy atom. The summed E-state index contributed by atoms with van der Waals surface area (Å²) in [5, 5.41) is 1.03. The fourth-order valence-electron chi connectivity index (χ4n) is 2.68. The highest BCUT2D eigenvalue weighted by Gasteiger charge is 2.16. The second-order valence-electron chi connectivity index (χ2n) is 5.59. The van der Waals surface area contributed by atoms with Crippen LogP contribution < -0.4 is 4.74 Å². The van der Waals surface area contributed by atoms with Crippen molar-refractivity contribution in [2.45, 2.75) is 6.92 Å². The van der Waals surface area contributed by atoms with E-state index in [-0.39, 0.29) is 0 Å². The van der Waals surface area contributed by atoms with Crippen molar-refractivity contribution < 1.29 is 4.74 Å². The number of hydrogen-bond donors (Lipinski definition) is 0. The summed E-state index contributed by atoms with van der Waals surface area (Å²) in [6.45, 7) is 1.90. The molecule has 0 aliphatic rings. The average Bonchev–Trinajstić information content (AvgIpc) is 2.87. The molecular weight excluding hydrogens is 429 g/mol. The molecule has 7 heteroatoms. The number of halogens is 1. The molecule has 1 aromatic carbocycles. The minimum absolute atomic E-state index is 0.348. The molecule has 25 heavy (non-hydrogen) atoms. The number of fused-ring (bicyclic) bond motifs is 1. The van der Waals surface area contributed by atoms with E-state index in [4.69, 9.17) is 4.74 Å². The van der Waals surface area contributed by atoms with Crippen molar-refractivity contribution in [3.63, 3.8) is 0 Å². The molecule has 0 radical (unpaired) electrons. The van der Waals surface area contributed by atoms with Crippen LogP contribution in [0.15, 0.2) is 49.1 Å². The summed E-state index contributed by atoms with van der Waals surface area (Å²) in [4.78, 5) is 16.9. The SMILES string of the molecule is Cc1ccnc(Oc2ccc(-c3c(I)n(C)c4ncncc34)cc2)n1. The van der Waals surface area contributed by atoms with Gasteiger partial charge in [-0.1, -0.05) is 12.1 Å². The third kappa shape index (κ3) is 2.95. The summed E-state index contributed by atoms with van der Waals surface area (Å²) in [6.07, 6.45) is 5.11. The highest BCUT2D eigenvalue weighted by molar-refractivity contribution is 14.1. The standard InChI is InChI=1S/C18H14IN5O/c1-11-7-8-21-18(23-11)25-13-5-3-12(4-6-13)15-14-9-20-10-22-17(14)24(2)16(15)19/h3-10H,1-2H3. The first-order chi connectivity index (χ1) is 12.1. The number of aryl methyl sites for hydroxylation is 2. The first-order valence-corrected chi connectivity index (χ1v) is 8.73. The molecule has 0 saturated carbocycles. The van der Waals surface area contributed by atoms with Crippen LogP contribution in [-0.2, 0) is 7.05 Å². The Hall–Kier alpha value is -2.55. The quantitative estimate of drug-likeness (QED) is 0.446. The van der Waals surface area contributed by atoms with Crippen LogP contribution in [0.5, 0.6) is 11.8 Å². The zero-order valence-corrected chi connectivity index (χ0v) is 15.8. The van der Waals surface area contributed by atoms with Gasteiger partial charge in [-0.25, -0.2) is 19.9 Å². The molecule has 124 valence electrons. The maximum Gasteiger partial charge on any atom is 0.322 e. The highest BCUT2D eigenvalue weighted by atomic mass is 127. The van der Waals surface area contributed by atoms with E-state index in [1.807, 2.05) is 50.5 Å². The van der Waals surface area contributed by atoms with Crippen LogP contribution >= 0.6 is 22.6 Å². The van der Waals surface area contributed by atoms with Crippen molar-refractivity contribution in [3.05, 3.63) is 58.4 Å². The fraction of sp³-hybridized carbons (Fsp3) is 0.111. The van der Waals surface area contributed by atoms with Crippen molar-refractivity contribution >= 4 is 33.6 Å². The zero-order chi connectivity index (χ0) is 17.4. The van der Waals surface area contributed by atoms with E-state index in [9.17, 15) is 0 Å². The van der Waals surface area contributed by atoms with Crippen LogP contribution in [0.2, 0.25) is 0 Å². The van der Waals surface area contributed by atoms with E-state index in [1.165, 1.54) is 0 Å². The molecule has 0 aliphatic heterocycles. The van der Waals surface area contributed by atoms with Crippen LogP contribution in [0.3, 0.4) is 0 Å². The fourth-order valence-corrected chi connectivity index (χ4v) is 3.51. The first kappa shape index (κ1) is 15.9. The van der Waals surface area contributed by atoms with E-state index in [0.29, 0.717) is 11.8 Å². The number of hydrogen-bond acceptors (Lipinski definition) is 5. The minimum Gasteiger partial charge on any atom is -0.424 e. The van der Waals surface area contributed by atoms with Crippen molar-refractivity contribution in [1.82, 2.24) is 24.5 Å². The van der Waals surface area contributed by atoms with Gasteiger partial charge in [-0.2, -0.15) is 0 Å². The Kier molecular flexibility index (Phi) is 4.08. The molecule has 4 aromatic rings. The Labute approximate surface area is 158 Å². The third-order valence-corrected chi connectivity index (χ3v) is 5.17. The molecule has 0 fully saturated rings. The van der Waals surface area contributed by atoms with Gasteiger partial charge in [0.05, 0.1) is 3.70 Å². The third-order valence-electron chi connectivity index (χ3n) is 3.90. The summed E-state index contributed by atoms with van der Waals surface area (Å²) in [5.74, 6) is 0.695. The Morgan fingerprint density at radius 3 is 2.64 bits per heavy atom. The van der Waals surface area contributed by atoms with Crippen LogP contribution in [0.1, 0.15) is 5.69 Å². The van der Waals surface area contributed by atoms with Gasteiger partial charge >= 0.3 is 6.01 Å². The van der Waals surface area contributed by atoms with E-state index < -0.39 is 0 Å². The first-order valence-electron chi connectivity index (χ1n) is 7.65. The number of aromatic nitrogens is 5. The van der Waals surface area contributed by atoms with Gasteiger partial charge in [0.25, 0.3) is 0 Å². The molecule has 0 amide bonds. The lowest BCUT2D eigenvalue weighted by Gasteiger charge is -2.06. The predicted molar refractivity (Wildman–Crippen MR) is 104 cm³/mol. The molecule has 3 heterocycles. The van der Waals surface area contributed by atoms with Gasteiger partial charge in [-0.15, -0.1) is 0 Å². The molecule has 0 aliphatic carbocycles. The molecule has 3 aromatic heterocycles. The van der Waals surface area contributed by atoms with Crippen molar-refractivity contribution in [2.24, 2.45) is 7.05 Å². The molecule has 0 N–H and O–H groups in total. The predicted octanol–water partition coefficient (Wildman–Crippen LogP) is 4.13. The summed E-state index contributed by atoms with van der Waals surface area (Å²) < 4.78 is 8.90. The van der Waals surface area contributed by atoms with Gasteiger partial charge < -0.3 is 9.30 Å². The maximum atomic E-state index is 5.72.